The molecule has 0 amide bonds. The Morgan fingerprint density at radius 1 is 1.21 bits per heavy atom. The smallest absolute Gasteiger partial charge is 0.208 e. The summed E-state index contributed by atoms with van der Waals surface area (Å²) in [7, 11) is 0. The number of hydrogen-bond donors (Lipinski definition) is 1. The monoisotopic (exact) mass is 344 g/mol. The van der Waals surface area contributed by atoms with E-state index in [9.17, 15) is 0 Å². The van der Waals surface area contributed by atoms with E-state index >= 15 is 0 Å². The summed E-state index contributed by atoms with van der Waals surface area (Å²) in [4.78, 5) is 4.56. The number of nitrogens with zero attached hydrogens (tertiary/aromatic N) is 5. The van der Waals surface area contributed by atoms with E-state index in [1.165, 1.54) is 5.56 Å². The van der Waals surface area contributed by atoms with Gasteiger partial charge in [-0.05, 0) is 12.5 Å². The first-order valence-electron chi connectivity index (χ1n) is 8.20. The summed E-state index contributed by atoms with van der Waals surface area (Å²) in [6.45, 7) is 9.33. The van der Waals surface area contributed by atoms with Crippen molar-refractivity contribution in [3.63, 3.8) is 0 Å². The SMILES string of the molecule is CC1C(CSc2n[nH]c(C(C)(C)C)n2)N=NN1Cc1ccccc1. The number of aromatic amines is 1. The lowest BCUT2D eigenvalue weighted by Crippen LogP contribution is -2.32. The van der Waals surface area contributed by atoms with Crippen LogP contribution in [0.1, 0.15) is 39.1 Å². The van der Waals surface area contributed by atoms with Crippen molar-refractivity contribution in [1.82, 2.24) is 20.2 Å². The third-order valence-electron chi connectivity index (χ3n) is 4.09. The van der Waals surface area contributed by atoms with E-state index in [1.807, 2.05) is 6.07 Å². The second kappa shape index (κ2) is 6.93. The molecule has 0 aliphatic carbocycles. The molecule has 0 radical (unpaired) electrons. The van der Waals surface area contributed by atoms with Gasteiger partial charge in [0.1, 0.15) is 11.9 Å². The summed E-state index contributed by atoms with van der Waals surface area (Å²) in [5.74, 6) is 1.74. The molecule has 128 valence electrons. The first kappa shape index (κ1) is 17.0. The molecule has 1 N–H and O–H groups in total. The van der Waals surface area contributed by atoms with Crippen LogP contribution in [0.3, 0.4) is 0 Å². The van der Waals surface area contributed by atoms with Crippen LogP contribution in [-0.2, 0) is 12.0 Å². The lowest BCUT2D eigenvalue weighted by atomic mass is 9.96. The van der Waals surface area contributed by atoms with E-state index in [1.54, 1.807) is 11.8 Å². The number of nitrogens with one attached hydrogen (secondary N) is 1. The summed E-state index contributed by atoms with van der Waals surface area (Å²) in [5.41, 5.74) is 1.24. The first-order valence-corrected chi connectivity index (χ1v) is 9.19. The first-order chi connectivity index (χ1) is 11.4. The van der Waals surface area contributed by atoms with Gasteiger partial charge < -0.3 is 0 Å². The molecule has 1 aromatic carbocycles. The van der Waals surface area contributed by atoms with Gasteiger partial charge in [0, 0.05) is 11.2 Å². The van der Waals surface area contributed by atoms with Gasteiger partial charge in [-0.1, -0.05) is 68.1 Å². The van der Waals surface area contributed by atoms with E-state index in [0.29, 0.717) is 0 Å². The minimum Gasteiger partial charge on any atom is -0.269 e. The van der Waals surface area contributed by atoms with Crippen molar-refractivity contribution < 1.29 is 0 Å². The fourth-order valence-electron chi connectivity index (χ4n) is 2.43. The molecule has 7 heteroatoms. The van der Waals surface area contributed by atoms with Crippen molar-refractivity contribution in [3.8, 4) is 0 Å². The van der Waals surface area contributed by atoms with Crippen molar-refractivity contribution in [2.45, 2.75) is 56.9 Å². The van der Waals surface area contributed by atoms with Crippen LogP contribution in [0.5, 0.6) is 0 Å². The van der Waals surface area contributed by atoms with E-state index in [-0.39, 0.29) is 17.5 Å². The second-order valence-electron chi connectivity index (χ2n) is 7.12. The highest BCUT2D eigenvalue weighted by Crippen LogP contribution is 2.26. The molecular weight excluding hydrogens is 320 g/mol. The van der Waals surface area contributed by atoms with E-state index in [4.69, 9.17) is 0 Å². The molecule has 0 saturated heterocycles. The van der Waals surface area contributed by atoms with E-state index in [2.05, 4.69) is 82.5 Å². The molecule has 2 aromatic rings. The van der Waals surface area contributed by atoms with Crippen LogP contribution in [-0.4, -0.2) is 38.0 Å². The van der Waals surface area contributed by atoms with Crippen molar-refractivity contribution in [2.24, 2.45) is 10.3 Å². The molecule has 2 atom stereocenters. The lowest BCUT2D eigenvalue weighted by molar-refractivity contribution is 0.229. The number of aromatic nitrogens is 3. The zero-order valence-corrected chi connectivity index (χ0v) is 15.4. The Hall–Kier alpha value is -1.89. The van der Waals surface area contributed by atoms with Crippen LogP contribution < -0.4 is 0 Å². The molecule has 0 saturated carbocycles. The maximum Gasteiger partial charge on any atom is 0.208 e. The molecule has 1 aliphatic rings. The lowest BCUT2D eigenvalue weighted by Gasteiger charge is -2.21. The molecule has 0 spiro atoms. The molecule has 1 aromatic heterocycles. The Labute approximate surface area is 147 Å². The standard InChI is InChI=1S/C17H24N6S/c1-12-14(11-24-16-18-15(20-21-16)17(2,3)4)19-22-23(12)10-13-8-6-5-7-9-13/h5-9,12,14H,10-11H2,1-4H3,(H,18,20,21). The normalized spacial score (nSPS) is 20.8. The quantitative estimate of drug-likeness (QED) is 0.837. The van der Waals surface area contributed by atoms with E-state index < -0.39 is 0 Å². The van der Waals surface area contributed by atoms with Crippen LogP contribution >= 0.6 is 11.8 Å². The summed E-state index contributed by atoms with van der Waals surface area (Å²) in [6, 6.07) is 10.8. The highest BCUT2D eigenvalue weighted by Gasteiger charge is 2.29. The topological polar surface area (TPSA) is 69.5 Å². The number of hydrogen-bond acceptors (Lipinski definition) is 6. The average molecular weight is 344 g/mol. The number of benzene rings is 1. The molecule has 2 heterocycles. The average Bonchev–Trinajstić information content (AvgIpc) is 3.15. The molecule has 1 aliphatic heterocycles. The van der Waals surface area contributed by atoms with Gasteiger partial charge in [0.15, 0.2) is 0 Å². The Kier molecular flexibility index (Phi) is 4.89. The third-order valence-corrected chi connectivity index (χ3v) is 5.04. The minimum atomic E-state index is -0.0152. The number of H-pyrrole nitrogens is 1. The highest BCUT2D eigenvalue weighted by atomic mass is 32.2. The summed E-state index contributed by atoms with van der Waals surface area (Å²) in [5, 5.41) is 18.9. The fourth-order valence-corrected chi connectivity index (χ4v) is 3.37. The number of thioether (sulfide) groups is 1. The van der Waals surface area contributed by atoms with Crippen LogP contribution in [0.2, 0.25) is 0 Å². The molecule has 0 bridgehead atoms. The maximum atomic E-state index is 4.56. The van der Waals surface area contributed by atoms with Gasteiger partial charge in [-0.15, -0.1) is 5.10 Å². The summed E-state index contributed by atoms with van der Waals surface area (Å²) < 4.78 is 0. The molecule has 0 fully saturated rings. The van der Waals surface area contributed by atoms with Crippen LogP contribution in [0.15, 0.2) is 45.8 Å². The van der Waals surface area contributed by atoms with Gasteiger partial charge in [0.25, 0.3) is 0 Å². The van der Waals surface area contributed by atoms with E-state index in [0.717, 1.165) is 23.3 Å². The van der Waals surface area contributed by atoms with Gasteiger partial charge in [-0.25, -0.2) is 4.98 Å². The van der Waals surface area contributed by atoms with Crippen molar-refractivity contribution in [2.75, 3.05) is 5.75 Å². The molecule has 24 heavy (non-hydrogen) atoms. The van der Waals surface area contributed by atoms with Crippen molar-refractivity contribution in [3.05, 3.63) is 41.7 Å². The Morgan fingerprint density at radius 3 is 2.62 bits per heavy atom. The number of rotatable bonds is 5. The molecule has 6 nitrogen and oxygen atoms in total. The fraction of sp³-hybridized carbons (Fsp3) is 0.529. The molecular formula is C17H24N6S. The Balaban J connectivity index is 1.54. The second-order valence-corrected chi connectivity index (χ2v) is 8.11. The van der Waals surface area contributed by atoms with Gasteiger partial charge in [-0.3, -0.25) is 10.1 Å². The molecule has 3 rings (SSSR count). The highest BCUT2D eigenvalue weighted by molar-refractivity contribution is 7.99. The van der Waals surface area contributed by atoms with Crippen LogP contribution in [0.25, 0.3) is 0 Å². The zero-order valence-electron chi connectivity index (χ0n) is 14.6. The zero-order chi connectivity index (χ0) is 17.2. The largest absolute Gasteiger partial charge is 0.269 e. The maximum absolute atomic E-state index is 4.56. The third kappa shape index (κ3) is 3.95. The molecule has 2 unspecified atom stereocenters. The summed E-state index contributed by atoms with van der Waals surface area (Å²) in [6.07, 6.45) is 0. The van der Waals surface area contributed by atoms with Crippen LogP contribution in [0, 0.1) is 0 Å². The van der Waals surface area contributed by atoms with Gasteiger partial charge in [0.2, 0.25) is 5.16 Å². The van der Waals surface area contributed by atoms with Crippen molar-refractivity contribution in [1.29, 1.82) is 0 Å². The predicted molar refractivity (Wildman–Crippen MR) is 95.9 cm³/mol. The van der Waals surface area contributed by atoms with Gasteiger partial charge >= 0.3 is 0 Å². The van der Waals surface area contributed by atoms with Crippen molar-refractivity contribution >= 4 is 11.8 Å². The summed E-state index contributed by atoms with van der Waals surface area (Å²) >= 11 is 1.63. The predicted octanol–water partition coefficient (Wildman–Crippen LogP) is 3.83. The Morgan fingerprint density at radius 2 is 1.96 bits per heavy atom. The van der Waals surface area contributed by atoms with Crippen LogP contribution in [0.4, 0.5) is 0 Å². The minimum absolute atomic E-state index is 0.0152. The van der Waals surface area contributed by atoms with Gasteiger partial charge in [0.05, 0.1) is 12.6 Å². The van der Waals surface area contributed by atoms with Gasteiger partial charge in [-0.2, -0.15) is 5.11 Å². The Bertz CT molecular complexity index is 691.